The Hall–Kier alpha value is -4.07. The number of rotatable bonds is 10. The molecule has 8 heteroatoms. The fourth-order valence-corrected chi connectivity index (χ4v) is 4.92. The van der Waals surface area contributed by atoms with Crippen molar-refractivity contribution < 1.29 is 18.8 Å². The SMILES string of the molecule is Cc1ccc([C@@H](C(=O)NC2CCCCC2)N(C(=O)CCCC(=O)Nc2ccccn2)c2cccc(F)c2)cc1. The lowest BCUT2D eigenvalue weighted by atomic mass is 9.94. The number of carbonyl (C=O) groups excluding carboxylic acids is 3. The highest BCUT2D eigenvalue weighted by molar-refractivity contribution is 6.01. The topological polar surface area (TPSA) is 91.4 Å². The van der Waals surface area contributed by atoms with Gasteiger partial charge in [0.15, 0.2) is 0 Å². The number of hydrogen-bond acceptors (Lipinski definition) is 4. The predicted octanol–water partition coefficient (Wildman–Crippen LogP) is 5.86. The smallest absolute Gasteiger partial charge is 0.248 e. The number of hydrogen-bond donors (Lipinski definition) is 2. The minimum absolute atomic E-state index is 0.00518. The molecule has 1 aromatic heterocycles. The largest absolute Gasteiger partial charge is 0.351 e. The van der Waals surface area contributed by atoms with E-state index in [0.717, 1.165) is 37.7 Å². The quantitative estimate of drug-likeness (QED) is 0.343. The fraction of sp³-hybridized carbons (Fsp3) is 0.355. The number of benzene rings is 2. The third-order valence-corrected chi connectivity index (χ3v) is 6.93. The van der Waals surface area contributed by atoms with Crippen LogP contribution in [0.5, 0.6) is 0 Å². The van der Waals surface area contributed by atoms with Gasteiger partial charge in [-0.05, 0) is 62.1 Å². The van der Waals surface area contributed by atoms with Gasteiger partial charge in [0, 0.05) is 30.8 Å². The number of pyridine rings is 1. The first-order valence-electron chi connectivity index (χ1n) is 13.6. The summed E-state index contributed by atoms with van der Waals surface area (Å²) in [4.78, 5) is 45.4. The van der Waals surface area contributed by atoms with Crippen molar-refractivity contribution >= 4 is 29.2 Å². The van der Waals surface area contributed by atoms with Gasteiger partial charge in [0.2, 0.25) is 17.7 Å². The van der Waals surface area contributed by atoms with Crippen LogP contribution in [0.25, 0.3) is 0 Å². The molecule has 0 saturated heterocycles. The number of anilines is 2. The van der Waals surface area contributed by atoms with Crippen molar-refractivity contribution in [3.63, 3.8) is 0 Å². The Morgan fingerprint density at radius 1 is 0.974 bits per heavy atom. The lowest BCUT2D eigenvalue weighted by molar-refractivity contribution is -0.127. The monoisotopic (exact) mass is 530 g/mol. The number of aryl methyl sites for hydroxylation is 1. The molecule has 1 aliphatic carbocycles. The molecule has 2 aromatic carbocycles. The Balaban J connectivity index is 1.57. The second-order valence-corrected chi connectivity index (χ2v) is 10.0. The molecule has 39 heavy (non-hydrogen) atoms. The van der Waals surface area contributed by atoms with E-state index in [0.29, 0.717) is 17.1 Å². The van der Waals surface area contributed by atoms with Crippen LogP contribution in [0.3, 0.4) is 0 Å². The van der Waals surface area contributed by atoms with Gasteiger partial charge < -0.3 is 10.6 Å². The number of aromatic nitrogens is 1. The van der Waals surface area contributed by atoms with Crippen LogP contribution >= 0.6 is 0 Å². The average molecular weight is 531 g/mol. The number of halogens is 1. The molecule has 0 spiro atoms. The van der Waals surface area contributed by atoms with Gasteiger partial charge in [0.05, 0.1) is 0 Å². The Bertz CT molecular complexity index is 1260. The van der Waals surface area contributed by atoms with Gasteiger partial charge in [-0.2, -0.15) is 0 Å². The lowest BCUT2D eigenvalue weighted by Gasteiger charge is -2.33. The normalized spacial score (nSPS) is 14.3. The summed E-state index contributed by atoms with van der Waals surface area (Å²) in [5, 5.41) is 5.87. The molecule has 4 rings (SSSR count). The summed E-state index contributed by atoms with van der Waals surface area (Å²) >= 11 is 0. The Kier molecular flexibility index (Phi) is 9.78. The first-order chi connectivity index (χ1) is 18.9. The first kappa shape index (κ1) is 28.0. The first-order valence-corrected chi connectivity index (χ1v) is 13.6. The minimum Gasteiger partial charge on any atom is -0.351 e. The predicted molar refractivity (Wildman–Crippen MR) is 150 cm³/mol. The Morgan fingerprint density at radius 3 is 2.44 bits per heavy atom. The highest BCUT2D eigenvalue weighted by Gasteiger charge is 2.34. The standard InChI is InChI=1S/C31H35FN4O3/c1-22-16-18-23(19-17-22)30(31(39)34-25-10-3-2-4-11-25)36(26-12-7-9-24(32)21-26)29(38)15-8-14-28(37)35-27-13-5-6-20-33-27/h5-7,9,12-13,16-21,25,30H,2-4,8,10-11,14-15H2,1H3,(H,34,39)(H,33,35,37)/t30-/m0/s1. The second kappa shape index (κ2) is 13.6. The summed E-state index contributed by atoms with van der Waals surface area (Å²) in [6.45, 7) is 1.95. The molecule has 0 aliphatic heterocycles. The van der Waals surface area contributed by atoms with Gasteiger partial charge in [-0.25, -0.2) is 9.37 Å². The highest BCUT2D eigenvalue weighted by atomic mass is 19.1. The van der Waals surface area contributed by atoms with Crippen molar-refractivity contribution in [1.29, 1.82) is 0 Å². The third-order valence-electron chi connectivity index (χ3n) is 6.93. The second-order valence-electron chi connectivity index (χ2n) is 10.0. The molecule has 0 radical (unpaired) electrons. The molecule has 1 saturated carbocycles. The zero-order valence-corrected chi connectivity index (χ0v) is 22.2. The lowest BCUT2D eigenvalue weighted by Crippen LogP contribution is -2.47. The van der Waals surface area contributed by atoms with Crippen LogP contribution in [0.2, 0.25) is 0 Å². The fourth-order valence-electron chi connectivity index (χ4n) is 4.92. The molecule has 2 N–H and O–H groups in total. The van der Waals surface area contributed by atoms with Crippen LogP contribution in [-0.4, -0.2) is 28.7 Å². The average Bonchev–Trinajstić information content (AvgIpc) is 2.93. The van der Waals surface area contributed by atoms with Crippen LogP contribution < -0.4 is 15.5 Å². The van der Waals surface area contributed by atoms with Crippen molar-refractivity contribution in [2.75, 3.05) is 10.2 Å². The van der Waals surface area contributed by atoms with E-state index in [-0.39, 0.29) is 43.0 Å². The molecule has 3 amide bonds. The number of nitrogens with one attached hydrogen (secondary N) is 2. The van der Waals surface area contributed by atoms with E-state index in [1.807, 2.05) is 31.2 Å². The van der Waals surface area contributed by atoms with Crippen LogP contribution in [0, 0.1) is 12.7 Å². The zero-order chi connectivity index (χ0) is 27.6. The van der Waals surface area contributed by atoms with Crippen molar-refractivity contribution in [3.05, 3.63) is 89.9 Å². The molecule has 7 nitrogen and oxygen atoms in total. The molecule has 3 aromatic rings. The number of nitrogens with zero attached hydrogens (tertiary/aromatic N) is 2. The van der Waals surface area contributed by atoms with Gasteiger partial charge in [-0.1, -0.05) is 61.2 Å². The van der Waals surface area contributed by atoms with Gasteiger partial charge in [0.1, 0.15) is 17.7 Å². The van der Waals surface area contributed by atoms with Gasteiger partial charge in [-0.15, -0.1) is 0 Å². The maximum Gasteiger partial charge on any atom is 0.248 e. The van der Waals surface area contributed by atoms with Crippen LogP contribution in [0.1, 0.15) is 68.5 Å². The van der Waals surface area contributed by atoms with Crippen molar-refractivity contribution in [1.82, 2.24) is 10.3 Å². The van der Waals surface area contributed by atoms with Crippen LogP contribution in [0.4, 0.5) is 15.9 Å². The highest BCUT2D eigenvalue weighted by Crippen LogP contribution is 2.31. The Morgan fingerprint density at radius 2 is 1.74 bits per heavy atom. The van der Waals surface area contributed by atoms with Gasteiger partial charge >= 0.3 is 0 Å². The summed E-state index contributed by atoms with van der Waals surface area (Å²) < 4.78 is 14.4. The molecule has 1 aliphatic rings. The number of carbonyl (C=O) groups is 3. The van der Waals surface area contributed by atoms with Gasteiger partial charge in [-0.3, -0.25) is 19.3 Å². The molecule has 0 bridgehead atoms. The summed E-state index contributed by atoms with van der Waals surface area (Å²) in [7, 11) is 0. The van der Waals surface area contributed by atoms with E-state index in [2.05, 4.69) is 15.6 Å². The van der Waals surface area contributed by atoms with Gasteiger partial charge in [0.25, 0.3) is 0 Å². The molecule has 1 fully saturated rings. The molecule has 0 unspecified atom stereocenters. The summed E-state index contributed by atoms with van der Waals surface area (Å²) in [5.74, 6) is -0.986. The van der Waals surface area contributed by atoms with E-state index in [1.54, 1.807) is 30.5 Å². The molecule has 1 atom stereocenters. The third kappa shape index (κ3) is 7.96. The van der Waals surface area contributed by atoms with E-state index < -0.39 is 11.9 Å². The molecular formula is C31H35FN4O3. The molecular weight excluding hydrogens is 495 g/mol. The number of amides is 3. The van der Waals surface area contributed by atoms with Crippen molar-refractivity contribution in [2.45, 2.75) is 70.4 Å². The molecule has 1 heterocycles. The van der Waals surface area contributed by atoms with Crippen molar-refractivity contribution in [2.24, 2.45) is 0 Å². The van der Waals surface area contributed by atoms with Crippen molar-refractivity contribution in [3.8, 4) is 0 Å². The van der Waals surface area contributed by atoms with Crippen LogP contribution in [-0.2, 0) is 14.4 Å². The van der Waals surface area contributed by atoms with E-state index in [9.17, 15) is 18.8 Å². The Labute approximate surface area is 228 Å². The van der Waals surface area contributed by atoms with E-state index in [4.69, 9.17) is 0 Å². The maximum atomic E-state index is 14.4. The zero-order valence-electron chi connectivity index (χ0n) is 22.2. The maximum absolute atomic E-state index is 14.4. The molecule has 204 valence electrons. The van der Waals surface area contributed by atoms with E-state index in [1.165, 1.54) is 23.1 Å². The summed E-state index contributed by atoms with van der Waals surface area (Å²) in [5.41, 5.74) is 1.95. The van der Waals surface area contributed by atoms with E-state index >= 15 is 0 Å². The van der Waals surface area contributed by atoms with Crippen LogP contribution in [0.15, 0.2) is 72.9 Å². The summed E-state index contributed by atoms with van der Waals surface area (Å²) in [6, 6.07) is 17.4. The summed E-state index contributed by atoms with van der Waals surface area (Å²) in [6.07, 6.45) is 6.98. The minimum atomic E-state index is -0.982.